The SMILES string of the molecule is CCCCCCCCCCCONCC. The molecule has 0 fully saturated rings. The lowest BCUT2D eigenvalue weighted by molar-refractivity contribution is 0.0419. The number of hydroxylamine groups is 1. The second-order valence-corrected chi connectivity index (χ2v) is 4.17. The van der Waals surface area contributed by atoms with Crippen molar-refractivity contribution in [2.45, 2.75) is 71.6 Å². The molecule has 0 bridgehead atoms. The van der Waals surface area contributed by atoms with Crippen LogP contribution in [0.3, 0.4) is 0 Å². The summed E-state index contributed by atoms with van der Waals surface area (Å²) in [5, 5.41) is 0. The number of hydrogen-bond acceptors (Lipinski definition) is 2. The zero-order chi connectivity index (χ0) is 11.2. The molecule has 0 heterocycles. The minimum absolute atomic E-state index is 0.865. The van der Waals surface area contributed by atoms with Gasteiger partial charge in [0.15, 0.2) is 0 Å². The van der Waals surface area contributed by atoms with Crippen LogP contribution in [0, 0.1) is 0 Å². The highest BCUT2D eigenvalue weighted by molar-refractivity contribution is 4.46. The maximum atomic E-state index is 5.19. The second-order valence-electron chi connectivity index (χ2n) is 4.17. The zero-order valence-electron chi connectivity index (χ0n) is 10.7. The van der Waals surface area contributed by atoms with Gasteiger partial charge < -0.3 is 4.84 Å². The lowest BCUT2D eigenvalue weighted by Crippen LogP contribution is -2.14. The van der Waals surface area contributed by atoms with E-state index >= 15 is 0 Å². The van der Waals surface area contributed by atoms with E-state index in [1.807, 2.05) is 0 Å². The first kappa shape index (κ1) is 14.9. The van der Waals surface area contributed by atoms with E-state index in [0.29, 0.717) is 0 Å². The summed E-state index contributed by atoms with van der Waals surface area (Å²) in [6.45, 7) is 6.09. The second kappa shape index (κ2) is 13.9. The third-order valence-corrected chi connectivity index (χ3v) is 2.60. The molecule has 0 radical (unpaired) electrons. The van der Waals surface area contributed by atoms with Crippen molar-refractivity contribution in [2.75, 3.05) is 13.2 Å². The van der Waals surface area contributed by atoms with Crippen molar-refractivity contribution in [3.63, 3.8) is 0 Å². The van der Waals surface area contributed by atoms with Crippen LogP contribution in [0.15, 0.2) is 0 Å². The molecule has 0 amide bonds. The normalized spacial score (nSPS) is 10.8. The van der Waals surface area contributed by atoms with Crippen molar-refractivity contribution in [1.82, 2.24) is 5.48 Å². The van der Waals surface area contributed by atoms with E-state index in [-0.39, 0.29) is 0 Å². The molecule has 1 N–H and O–H groups in total. The van der Waals surface area contributed by atoms with E-state index in [9.17, 15) is 0 Å². The van der Waals surface area contributed by atoms with Gasteiger partial charge in [0.25, 0.3) is 0 Å². The Bertz CT molecular complexity index is 94.7. The van der Waals surface area contributed by atoms with Crippen molar-refractivity contribution in [2.24, 2.45) is 0 Å². The predicted octanol–water partition coefficient (Wildman–Crippen LogP) is 4.06. The lowest BCUT2D eigenvalue weighted by atomic mass is 10.1. The predicted molar refractivity (Wildman–Crippen MR) is 66.9 cm³/mol. The maximum absolute atomic E-state index is 5.19. The van der Waals surface area contributed by atoms with Gasteiger partial charge in [-0.1, -0.05) is 65.2 Å². The van der Waals surface area contributed by atoms with Gasteiger partial charge in [-0.2, -0.15) is 0 Å². The quantitative estimate of drug-likeness (QED) is 0.391. The first-order valence-electron chi connectivity index (χ1n) is 6.76. The molecule has 0 atom stereocenters. The molecule has 92 valence electrons. The summed E-state index contributed by atoms with van der Waals surface area (Å²) in [6.07, 6.45) is 12.3. The Kier molecular flexibility index (Phi) is 13.8. The molecule has 15 heavy (non-hydrogen) atoms. The molecule has 0 aromatic rings. The van der Waals surface area contributed by atoms with Crippen molar-refractivity contribution in [3.05, 3.63) is 0 Å². The molecule has 0 aliphatic carbocycles. The topological polar surface area (TPSA) is 21.3 Å². The molecule has 2 heteroatoms. The van der Waals surface area contributed by atoms with Crippen LogP contribution in [-0.2, 0) is 4.84 Å². The van der Waals surface area contributed by atoms with Crippen molar-refractivity contribution < 1.29 is 4.84 Å². The number of rotatable bonds is 12. The van der Waals surface area contributed by atoms with Crippen LogP contribution in [0.4, 0.5) is 0 Å². The van der Waals surface area contributed by atoms with Crippen LogP contribution >= 0.6 is 0 Å². The van der Waals surface area contributed by atoms with Crippen LogP contribution in [0.2, 0.25) is 0 Å². The molecule has 0 aliphatic heterocycles. The maximum Gasteiger partial charge on any atom is 0.0682 e. The molecule has 0 rings (SSSR count). The zero-order valence-corrected chi connectivity index (χ0v) is 10.7. The Balaban J connectivity index is 2.81. The van der Waals surface area contributed by atoms with Crippen molar-refractivity contribution in [3.8, 4) is 0 Å². The van der Waals surface area contributed by atoms with E-state index < -0.39 is 0 Å². The highest BCUT2D eigenvalue weighted by atomic mass is 16.6. The standard InChI is InChI=1S/C13H29NO/c1-3-5-6-7-8-9-10-11-12-13-15-14-4-2/h14H,3-13H2,1-2H3. The van der Waals surface area contributed by atoms with Gasteiger partial charge in [0, 0.05) is 6.54 Å². The summed E-state index contributed by atoms with van der Waals surface area (Å²) in [5.74, 6) is 0. The van der Waals surface area contributed by atoms with Gasteiger partial charge in [0.05, 0.1) is 6.61 Å². The van der Waals surface area contributed by atoms with E-state index in [1.54, 1.807) is 0 Å². The average molecular weight is 215 g/mol. The summed E-state index contributed by atoms with van der Waals surface area (Å²) in [6, 6.07) is 0. The van der Waals surface area contributed by atoms with Gasteiger partial charge in [0.1, 0.15) is 0 Å². The summed E-state index contributed by atoms with van der Waals surface area (Å²) < 4.78 is 0. The van der Waals surface area contributed by atoms with E-state index in [0.717, 1.165) is 13.2 Å². The first-order chi connectivity index (χ1) is 7.41. The molecule has 0 saturated heterocycles. The van der Waals surface area contributed by atoms with Crippen molar-refractivity contribution in [1.29, 1.82) is 0 Å². The van der Waals surface area contributed by atoms with Gasteiger partial charge >= 0.3 is 0 Å². The van der Waals surface area contributed by atoms with Crippen LogP contribution in [0.5, 0.6) is 0 Å². The van der Waals surface area contributed by atoms with Gasteiger partial charge in [-0.05, 0) is 6.42 Å². The highest BCUT2D eigenvalue weighted by Crippen LogP contribution is 2.09. The monoisotopic (exact) mass is 215 g/mol. The molecule has 0 aromatic carbocycles. The van der Waals surface area contributed by atoms with Gasteiger partial charge in [-0.3, -0.25) is 0 Å². The molecule has 0 aliphatic rings. The fraction of sp³-hybridized carbons (Fsp3) is 1.00. The van der Waals surface area contributed by atoms with Crippen LogP contribution in [0.1, 0.15) is 71.6 Å². The van der Waals surface area contributed by atoms with E-state index in [4.69, 9.17) is 4.84 Å². The van der Waals surface area contributed by atoms with Gasteiger partial charge in [0.2, 0.25) is 0 Å². The Morgan fingerprint density at radius 3 is 1.80 bits per heavy atom. The van der Waals surface area contributed by atoms with Crippen molar-refractivity contribution >= 4 is 0 Å². The van der Waals surface area contributed by atoms with Crippen LogP contribution in [-0.4, -0.2) is 13.2 Å². The minimum Gasteiger partial charge on any atom is -0.302 e. The smallest absolute Gasteiger partial charge is 0.0682 e. The van der Waals surface area contributed by atoms with Crippen LogP contribution < -0.4 is 5.48 Å². The molecule has 2 nitrogen and oxygen atoms in total. The Hall–Kier alpha value is -0.0800. The highest BCUT2D eigenvalue weighted by Gasteiger charge is 1.92. The third kappa shape index (κ3) is 13.9. The van der Waals surface area contributed by atoms with Crippen LogP contribution in [0.25, 0.3) is 0 Å². The summed E-state index contributed by atoms with van der Waals surface area (Å²) in [4.78, 5) is 5.19. The molecular weight excluding hydrogens is 186 g/mol. The fourth-order valence-corrected chi connectivity index (χ4v) is 1.66. The average Bonchev–Trinajstić information content (AvgIpc) is 2.26. The minimum atomic E-state index is 0.865. The molecule has 0 saturated carbocycles. The molecule has 0 aromatic heterocycles. The third-order valence-electron chi connectivity index (χ3n) is 2.60. The largest absolute Gasteiger partial charge is 0.302 e. The van der Waals surface area contributed by atoms with Gasteiger partial charge in [-0.25, -0.2) is 5.48 Å². The summed E-state index contributed by atoms with van der Waals surface area (Å²) in [7, 11) is 0. The number of nitrogens with one attached hydrogen (secondary N) is 1. The molecule has 0 unspecified atom stereocenters. The molecular formula is C13H29NO. The molecule has 0 spiro atoms. The Morgan fingerprint density at radius 2 is 1.27 bits per heavy atom. The lowest BCUT2D eigenvalue weighted by Gasteiger charge is -2.03. The Morgan fingerprint density at radius 1 is 0.733 bits per heavy atom. The fourth-order valence-electron chi connectivity index (χ4n) is 1.66. The summed E-state index contributed by atoms with van der Waals surface area (Å²) in [5.41, 5.74) is 2.87. The summed E-state index contributed by atoms with van der Waals surface area (Å²) >= 11 is 0. The van der Waals surface area contributed by atoms with E-state index in [2.05, 4.69) is 19.3 Å². The van der Waals surface area contributed by atoms with E-state index in [1.165, 1.54) is 57.8 Å². The number of unbranched alkanes of at least 4 members (excludes halogenated alkanes) is 8. The van der Waals surface area contributed by atoms with Gasteiger partial charge in [-0.15, -0.1) is 0 Å². The number of hydrogen-bond donors (Lipinski definition) is 1. The first-order valence-corrected chi connectivity index (χ1v) is 6.76. The Labute approximate surface area is 95.7 Å².